The third-order valence-electron chi connectivity index (χ3n) is 3.31. The number of benzene rings is 1. The van der Waals surface area contributed by atoms with Gasteiger partial charge in [-0.2, -0.15) is 0 Å². The number of halogens is 1. The number of hydrogen-bond acceptors (Lipinski definition) is 8. The van der Waals surface area contributed by atoms with Crippen LogP contribution >= 0.6 is 46.0 Å². The van der Waals surface area contributed by atoms with Crippen molar-refractivity contribution >= 4 is 68.1 Å². The molecule has 0 saturated heterocycles. The van der Waals surface area contributed by atoms with Crippen molar-refractivity contribution in [3.05, 3.63) is 46.4 Å². The van der Waals surface area contributed by atoms with E-state index in [4.69, 9.17) is 11.6 Å². The number of anilines is 2. The van der Waals surface area contributed by atoms with Crippen molar-refractivity contribution in [1.29, 1.82) is 0 Å². The van der Waals surface area contributed by atoms with E-state index in [9.17, 15) is 9.59 Å². The summed E-state index contributed by atoms with van der Waals surface area (Å²) in [4.78, 5) is 28.7. The molecule has 0 radical (unpaired) electrons. The van der Waals surface area contributed by atoms with Crippen molar-refractivity contribution in [2.45, 2.75) is 22.9 Å². The Morgan fingerprint density at radius 2 is 2.04 bits per heavy atom. The molecule has 140 valence electrons. The summed E-state index contributed by atoms with van der Waals surface area (Å²) in [5.74, 6) is -0.504. The normalized spacial score (nSPS) is 11.8. The van der Waals surface area contributed by atoms with Gasteiger partial charge in [-0.15, -0.1) is 21.5 Å². The monoisotopic (exact) mass is 439 g/mol. The lowest BCUT2D eigenvalue weighted by molar-refractivity contribution is -0.115. The third kappa shape index (κ3) is 5.25. The highest BCUT2D eigenvalue weighted by Gasteiger charge is 2.21. The Labute approximate surface area is 172 Å². The van der Waals surface area contributed by atoms with Gasteiger partial charge in [0, 0.05) is 11.6 Å². The minimum absolute atomic E-state index is 0.144. The number of amides is 2. The van der Waals surface area contributed by atoms with Crippen molar-refractivity contribution in [1.82, 2.24) is 15.2 Å². The molecule has 1 aromatic carbocycles. The minimum atomic E-state index is -0.359. The molecule has 2 aromatic heterocycles. The van der Waals surface area contributed by atoms with Gasteiger partial charge in [0.15, 0.2) is 9.47 Å². The number of nitrogens with zero attached hydrogens (tertiary/aromatic N) is 3. The second kappa shape index (κ2) is 9.27. The second-order valence-electron chi connectivity index (χ2n) is 5.15. The lowest BCUT2D eigenvalue weighted by atomic mass is 10.2. The molecule has 2 N–H and O–H groups in total. The number of aromatic nitrogens is 3. The topological polar surface area (TPSA) is 96.9 Å². The van der Waals surface area contributed by atoms with Crippen LogP contribution in [-0.2, 0) is 4.79 Å². The quantitative estimate of drug-likeness (QED) is 0.418. The molecule has 11 heteroatoms. The van der Waals surface area contributed by atoms with Crippen LogP contribution in [-0.4, -0.2) is 32.2 Å². The average molecular weight is 440 g/mol. The van der Waals surface area contributed by atoms with Gasteiger partial charge in [0.25, 0.3) is 5.91 Å². The molecule has 0 saturated carbocycles. The van der Waals surface area contributed by atoms with Crippen LogP contribution < -0.4 is 10.6 Å². The fourth-order valence-corrected chi connectivity index (χ4v) is 4.70. The minimum Gasteiger partial charge on any atom is -0.301 e. The van der Waals surface area contributed by atoms with E-state index in [2.05, 4.69) is 25.8 Å². The molecule has 27 heavy (non-hydrogen) atoms. The van der Waals surface area contributed by atoms with E-state index >= 15 is 0 Å². The molecule has 2 heterocycles. The summed E-state index contributed by atoms with van der Waals surface area (Å²) in [6.45, 7) is 1.92. The maximum absolute atomic E-state index is 12.4. The Morgan fingerprint density at radius 3 is 2.74 bits per heavy atom. The highest BCUT2D eigenvalue weighted by Crippen LogP contribution is 2.31. The van der Waals surface area contributed by atoms with Gasteiger partial charge in [-0.25, -0.2) is 4.98 Å². The smallest absolute Gasteiger partial charge is 0.259 e. The summed E-state index contributed by atoms with van der Waals surface area (Å²) in [6.07, 6.45) is 2.25. The number of hydrogen-bond donors (Lipinski definition) is 2. The Hall–Kier alpha value is -2.01. The van der Waals surface area contributed by atoms with Gasteiger partial charge in [-0.3, -0.25) is 14.9 Å². The molecule has 0 bridgehead atoms. The van der Waals surface area contributed by atoms with Crippen molar-refractivity contribution < 1.29 is 9.59 Å². The molecule has 0 fully saturated rings. The van der Waals surface area contributed by atoms with Crippen LogP contribution in [0.4, 0.5) is 10.3 Å². The highest BCUT2D eigenvalue weighted by molar-refractivity contribution is 8.02. The van der Waals surface area contributed by atoms with E-state index in [0.29, 0.717) is 31.6 Å². The third-order valence-corrected chi connectivity index (χ3v) is 6.62. The Morgan fingerprint density at radius 1 is 1.22 bits per heavy atom. The molecule has 2 amide bonds. The predicted octanol–water partition coefficient (Wildman–Crippen LogP) is 4.41. The molecule has 1 atom stereocenters. The lowest BCUT2D eigenvalue weighted by Gasteiger charge is -2.11. The van der Waals surface area contributed by atoms with E-state index in [-0.39, 0.29) is 17.1 Å². The lowest BCUT2D eigenvalue weighted by Crippen LogP contribution is -2.24. The van der Waals surface area contributed by atoms with Gasteiger partial charge in [0.2, 0.25) is 11.0 Å². The molecule has 0 aliphatic rings. The van der Waals surface area contributed by atoms with Crippen molar-refractivity contribution in [3.8, 4) is 0 Å². The van der Waals surface area contributed by atoms with E-state index < -0.39 is 0 Å². The fraction of sp³-hybridized carbons (Fsp3) is 0.188. The van der Waals surface area contributed by atoms with E-state index in [1.165, 1.54) is 34.4 Å². The van der Waals surface area contributed by atoms with E-state index in [1.54, 1.807) is 35.8 Å². The standard InChI is InChI=1S/C16H14ClN5O2S3/c1-2-11(13(24)20-14-18-7-8-25-14)26-16-22-21-15(27-16)19-12(23)9-5-3-4-6-10(9)17/h3-8,11H,2H2,1H3,(H,18,20,24)(H,19,21,23)/t11-/m1/s1. The van der Waals surface area contributed by atoms with E-state index in [1.807, 2.05) is 6.92 Å². The van der Waals surface area contributed by atoms with Gasteiger partial charge in [0.1, 0.15) is 0 Å². The fourth-order valence-electron chi connectivity index (χ4n) is 2.03. The summed E-state index contributed by atoms with van der Waals surface area (Å²) in [7, 11) is 0. The number of carbonyl (C=O) groups is 2. The number of thiazole rings is 1. The number of carbonyl (C=O) groups excluding carboxylic acids is 2. The van der Waals surface area contributed by atoms with Crippen LogP contribution in [0.1, 0.15) is 23.7 Å². The first kappa shape index (κ1) is 19.7. The van der Waals surface area contributed by atoms with Gasteiger partial charge >= 0.3 is 0 Å². The number of nitrogens with one attached hydrogen (secondary N) is 2. The van der Waals surface area contributed by atoms with Crippen molar-refractivity contribution in [2.24, 2.45) is 0 Å². The average Bonchev–Trinajstić information content (AvgIpc) is 3.32. The van der Waals surface area contributed by atoms with Crippen LogP contribution in [0.2, 0.25) is 5.02 Å². The summed E-state index contributed by atoms with van der Waals surface area (Å²) in [5.41, 5.74) is 0.359. The highest BCUT2D eigenvalue weighted by atomic mass is 35.5. The summed E-state index contributed by atoms with van der Waals surface area (Å²) in [6, 6.07) is 6.75. The zero-order valence-corrected chi connectivity index (χ0v) is 17.2. The van der Waals surface area contributed by atoms with Crippen molar-refractivity contribution in [3.63, 3.8) is 0 Å². The number of rotatable bonds is 7. The maximum Gasteiger partial charge on any atom is 0.259 e. The molecular formula is C16H14ClN5O2S3. The molecule has 3 aromatic rings. The molecule has 0 aliphatic carbocycles. The Balaban J connectivity index is 1.62. The second-order valence-corrected chi connectivity index (χ2v) is 8.88. The Bertz CT molecular complexity index is 932. The summed E-state index contributed by atoms with van der Waals surface area (Å²) >= 11 is 9.89. The van der Waals surface area contributed by atoms with Gasteiger partial charge in [0.05, 0.1) is 15.8 Å². The van der Waals surface area contributed by atoms with Gasteiger partial charge < -0.3 is 5.32 Å². The largest absolute Gasteiger partial charge is 0.301 e. The molecule has 3 rings (SSSR count). The van der Waals surface area contributed by atoms with Crippen molar-refractivity contribution in [2.75, 3.05) is 10.6 Å². The first-order valence-corrected chi connectivity index (χ1v) is 10.8. The maximum atomic E-state index is 12.4. The zero-order chi connectivity index (χ0) is 19.2. The summed E-state index contributed by atoms with van der Waals surface area (Å²) < 4.78 is 0.589. The SMILES string of the molecule is CC[C@@H](Sc1nnc(NC(=O)c2ccccc2Cl)s1)C(=O)Nc1nccs1. The first-order valence-electron chi connectivity index (χ1n) is 7.83. The van der Waals surface area contributed by atoms with E-state index in [0.717, 1.165) is 0 Å². The zero-order valence-electron chi connectivity index (χ0n) is 14.0. The van der Waals surface area contributed by atoms with Crippen LogP contribution in [0.15, 0.2) is 40.2 Å². The van der Waals surface area contributed by atoms with Crippen LogP contribution in [0.5, 0.6) is 0 Å². The molecule has 0 unspecified atom stereocenters. The van der Waals surface area contributed by atoms with Crippen LogP contribution in [0.25, 0.3) is 0 Å². The first-order chi connectivity index (χ1) is 13.1. The number of thioether (sulfide) groups is 1. The molecule has 7 nitrogen and oxygen atoms in total. The van der Waals surface area contributed by atoms with Crippen LogP contribution in [0, 0.1) is 0 Å². The molecular weight excluding hydrogens is 426 g/mol. The summed E-state index contributed by atoms with van der Waals surface area (Å²) in [5, 5.41) is 16.2. The van der Waals surface area contributed by atoms with Crippen LogP contribution in [0.3, 0.4) is 0 Å². The predicted molar refractivity (Wildman–Crippen MR) is 110 cm³/mol. The van der Waals surface area contributed by atoms with Gasteiger partial charge in [-0.1, -0.05) is 53.8 Å². The molecule has 0 aliphatic heterocycles. The Kier molecular flexibility index (Phi) is 6.78. The van der Waals surface area contributed by atoms with Gasteiger partial charge in [-0.05, 0) is 18.6 Å². The molecule has 0 spiro atoms.